The average molecular weight is 751 g/mol. The van der Waals surface area contributed by atoms with Crippen LogP contribution in [0.25, 0.3) is 22.3 Å². The van der Waals surface area contributed by atoms with Crippen molar-refractivity contribution >= 4 is 0 Å². The summed E-state index contributed by atoms with van der Waals surface area (Å²) in [7, 11) is 0. The van der Waals surface area contributed by atoms with E-state index in [0.29, 0.717) is 59.6 Å². The summed E-state index contributed by atoms with van der Waals surface area (Å²) in [6.45, 7) is 4.06. The summed E-state index contributed by atoms with van der Waals surface area (Å²) in [6.07, 6.45) is -23.9. The lowest BCUT2D eigenvalue weighted by atomic mass is 9.90. The summed E-state index contributed by atoms with van der Waals surface area (Å²) in [4.78, 5) is 4.42. The second-order valence-corrected chi connectivity index (χ2v) is 12.5. The number of hydrogen-bond donors (Lipinski definition) is 2. The molecule has 4 aromatic carbocycles. The Morgan fingerprint density at radius 3 is 0.788 bits per heavy atom. The third-order valence-corrected chi connectivity index (χ3v) is 9.10. The molecule has 4 aromatic rings. The van der Waals surface area contributed by atoms with Gasteiger partial charge in [-0.15, -0.1) is 0 Å². The van der Waals surface area contributed by atoms with Crippen LogP contribution in [-0.4, -0.2) is 70.9 Å². The molecule has 1 aliphatic rings. The van der Waals surface area contributed by atoms with Crippen molar-refractivity contribution in [2.24, 2.45) is 0 Å². The summed E-state index contributed by atoms with van der Waals surface area (Å²) in [5, 5.41) is 19.2. The molecule has 16 heteroatoms. The lowest BCUT2D eigenvalue weighted by molar-refractivity contribution is -0.376. The van der Waals surface area contributed by atoms with Gasteiger partial charge in [-0.3, -0.25) is 9.80 Å². The topological polar surface area (TPSA) is 46.9 Å². The van der Waals surface area contributed by atoms with Gasteiger partial charge in [0.15, 0.2) is 0 Å². The molecule has 280 valence electrons. The number of rotatable bonds is 8. The predicted molar refractivity (Wildman–Crippen MR) is 166 cm³/mol. The van der Waals surface area contributed by atoms with Crippen molar-refractivity contribution in [3.05, 3.63) is 119 Å². The van der Waals surface area contributed by atoms with Gasteiger partial charge in [0.2, 0.25) is 0 Å². The van der Waals surface area contributed by atoms with E-state index in [1.807, 2.05) is 0 Å². The molecule has 0 aliphatic carbocycles. The van der Waals surface area contributed by atoms with Crippen LogP contribution in [0.5, 0.6) is 0 Å². The number of hydrogen-bond acceptors (Lipinski definition) is 4. The zero-order valence-corrected chi connectivity index (χ0v) is 26.8. The fraction of sp³-hybridized carbons (Fsp3) is 0.333. The van der Waals surface area contributed by atoms with Crippen LogP contribution in [-0.2, 0) is 24.3 Å². The molecule has 52 heavy (non-hydrogen) atoms. The molecule has 0 bridgehead atoms. The molecule has 1 aliphatic heterocycles. The highest BCUT2D eigenvalue weighted by Gasteiger charge is 2.72. The highest BCUT2D eigenvalue weighted by Crippen LogP contribution is 2.51. The third kappa shape index (κ3) is 7.65. The van der Waals surface area contributed by atoms with Crippen LogP contribution in [0.1, 0.15) is 22.3 Å². The van der Waals surface area contributed by atoms with Crippen molar-refractivity contribution < 1.29 is 62.9 Å². The first-order valence-corrected chi connectivity index (χ1v) is 15.6. The Hall–Kier alpha value is -4.12. The maximum atomic E-state index is 13.2. The number of alkyl halides is 12. The van der Waals surface area contributed by atoms with Gasteiger partial charge in [-0.25, -0.2) is 0 Å². The van der Waals surface area contributed by atoms with Crippen LogP contribution in [0.2, 0.25) is 0 Å². The van der Waals surface area contributed by atoms with E-state index in [9.17, 15) is 62.9 Å². The zero-order valence-electron chi connectivity index (χ0n) is 26.8. The van der Waals surface area contributed by atoms with E-state index in [0.717, 1.165) is 61.6 Å². The fourth-order valence-electron chi connectivity index (χ4n) is 6.01. The molecule has 0 atom stereocenters. The quantitative estimate of drug-likeness (QED) is 0.177. The van der Waals surface area contributed by atoms with Crippen molar-refractivity contribution in [2.75, 3.05) is 26.2 Å². The number of piperazine rings is 1. The van der Waals surface area contributed by atoms with E-state index >= 15 is 0 Å². The largest absolute Gasteiger partial charge is 0.430 e. The molecule has 0 spiro atoms. The second-order valence-electron chi connectivity index (χ2n) is 12.5. The Bertz CT molecular complexity index is 1630. The van der Waals surface area contributed by atoms with Gasteiger partial charge in [-0.05, 0) is 33.4 Å². The van der Waals surface area contributed by atoms with Crippen molar-refractivity contribution in [2.45, 2.75) is 49.0 Å². The number of aliphatic hydroxyl groups is 2. The maximum Gasteiger partial charge on any atom is 0.430 e. The van der Waals surface area contributed by atoms with E-state index < -0.39 is 47.0 Å². The van der Waals surface area contributed by atoms with Crippen LogP contribution in [0.3, 0.4) is 0 Å². The lowest BCUT2D eigenvalue weighted by Crippen LogP contribution is -2.53. The van der Waals surface area contributed by atoms with Gasteiger partial charge in [0.05, 0.1) is 0 Å². The van der Waals surface area contributed by atoms with E-state index in [1.54, 1.807) is 48.5 Å². The first-order valence-electron chi connectivity index (χ1n) is 15.6. The molecular formula is C36H30F12N2O2. The molecule has 1 saturated heterocycles. The minimum atomic E-state index is -5.97. The van der Waals surface area contributed by atoms with Gasteiger partial charge in [-0.2, -0.15) is 52.7 Å². The smallest absolute Gasteiger partial charge is 0.369 e. The SMILES string of the molecule is OC(c1ccc(-c2ccc(CN3CCN(Cc4ccc(-c5ccc(C(O)(C(F)(F)F)C(F)(F)F)cc5)cc4)CC3)cc2)cc1)(C(F)(F)F)C(F)(F)F. The van der Waals surface area contributed by atoms with Gasteiger partial charge in [-0.1, -0.05) is 97.1 Å². The van der Waals surface area contributed by atoms with Crippen LogP contribution in [0.4, 0.5) is 52.7 Å². The van der Waals surface area contributed by atoms with Gasteiger partial charge in [0, 0.05) is 50.4 Å². The Kier molecular flexibility index (Phi) is 10.5. The fourth-order valence-corrected chi connectivity index (χ4v) is 6.01. The second kappa shape index (κ2) is 14.0. The monoisotopic (exact) mass is 750 g/mol. The van der Waals surface area contributed by atoms with Crippen molar-refractivity contribution in [3.8, 4) is 22.3 Å². The molecule has 2 N–H and O–H groups in total. The normalized spacial score (nSPS) is 16.0. The highest BCUT2D eigenvalue weighted by molar-refractivity contribution is 5.65. The van der Waals surface area contributed by atoms with E-state index in [4.69, 9.17) is 0 Å². The van der Waals surface area contributed by atoms with Crippen molar-refractivity contribution in [3.63, 3.8) is 0 Å². The molecular weight excluding hydrogens is 720 g/mol. The lowest BCUT2D eigenvalue weighted by Gasteiger charge is -2.34. The zero-order chi connectivity index (χ0) is 38.3. The predicted octanol–water partition coefficient (Wildman–Crippen LogP) is 8.96. The van der Waals surface area contributed by atoms with Gasteiger partial charge < -0.3 is 10.2 Å². The minimum absolute atomic E-state index is 0.362. The Labute approximate surface area is 289 Å². The number of nitrogens with zero attached hydrogens (tertiary/aromatic N) is 2. The van der Waals surface area contributed by atoms with E-state index in [-0.39, 0.29) is 0 Å². The summed E-state index contributed by atoms with van der Waals surface area (Å²) in [5.74, 6) is 0. The first-order chi connectivity index (χ1) is 24.0. The standard InChI is InChI=1S/C36H30F12N2O2/c37-33(38,39)31(51,34(40,41)42)29-13-9-27(10-14-29)25-5-1-23(2-6-25)21-49-17-19-50(20-18-49)22-24-3-7-26(8-4-24)28-11-15-30(16-12-28)32(52,35(43,44)45)36(46,47)48/h1-16,51-52H,17-22H2. The van der Waals surface area contributed by atoms with Crippen molar-refractivity contribution in [1.29, 1.82) is 0 Å². The molecule has 1 fully saturated rings. The maximum absolute atomic E-state index is 13.2. The number of benzene rings is 4. The highest BCUT2D eigenvalue weighted by atomic mass is 19.4. The van der Waals surface area contributed by atoms with Gasteiger partial charge in [0.1, 0.15) is 0 Å². The summed E-state index contributed by atoms with van der Waals surface area (Å²) in [6, 6.07) is 20.8. The Morgan fingerprint density at radius 2 is 0.577 bits per heavy atom. The first kappa shape index (κ1) is 39.1. The van der Waals surface area contributed by atoms with Crippen LogP contribution < -0.4 is 0 Å². The average Bonchev–Trinajstić information content (AvgIpc) is 3.07. The summed E-state index contributed by atoms with van der Waals surface area (Å²) < 4.78 is 158. The van der Waals surface area contributed by atoms with E-state index in [2.05, 4.69) is 9.80 Å². The number of halogens is 12. The van der Waals surface area contributed by atoms with Crippen LogP contribution in [0.15, 0.2) is 97.1 Å². The molecule has 0 radical (unpaired) electrons. The minimum Gasteiger partial charge on any atom is -0.369 e. The Balaban J connectivity index is 1.13. The van der Waals surface area contributed by atoms with Crippen LogP contribution in [0, 0.1) is 0 Å². The molecule has 0 saturated carbocycles. The molecule has 0 aromatic heterocycles. The van der Waals surface area contributed by atoms with Crippen molar-refractivity contribution in [1.82, 2.24) is 9.80 Å². The summed E-state index contributed by atoms with van der Waals surface area (Å²) >= 11 is 0. The summed E-state index contributed by atoms with van der Waals surface area (Å²) in [5.41, 5.74) is -8.97. The molecule has 0 amide bonds. The van der Waals surface area contributed by atoms with Gasteiger partial charge >= 0.3 is 24.7 Å². The van der Waals surface area contributed by atoms with Crippen LogP contribution >= 0.6 is 0 Å². The molecule has 0 unspecified atom stereocenters. The molecule has 5 rings (SSSR count). The molecule has 1 heterocycles. The third-order valence-electron chi connectivity index (χ3n) is 9.10. The molecule has 4 nitrogen and oxygen atoms in total. The van der Waals surface area contributed by atoms with E-state index in [1.165, 1.54) is 0 Å². The van der Waals surface area contributed by atoms with Gasteiger partial charge in [0.25, 0.3) is 11.2 Å². The Morgan fingerprint density at radius 1 is 0.365 bits per heavy atom.